The molecule has 0 heterocycles. The second-order valence-corrected chi connectivity index (χ2v) is 5.55. The molecule has 126 valence electrons. The second-order valence-electron chi connectivity index (χ2n) is 5.55. The number of carbonyl (C=O) groups excluding carboxylic acids is 1. The van der Waals surface area contributed by atoms with Gasteiger partial charge in [-0.1, -0.05) is 29.8 Å². The SMILES string of the molecule is COc1ccccc1C=NNC(=O)COc1c(C)cc(C)cc1C. The third kappa shape index (κ3) is 4.59. The number of benzene rings is 2. The summed E-state index contributed by atoms with van der Waals surface area (Å²) in [5.41, 5.74) is 6.43. The highest BCUT2D eigenvalue weighted by atomic mass is 16.5. The van der Waals surface area contributed by atoms with E-state index in [1.165, 1.54) is 5.56 Å². The number of hydrogen-bond acceptors (Lipinski definition) is 4. The summed E-state index contributed by atoms with van der Waals surface area (Å²) < 4.78 is 10.8. The number of hydrogen-bond donors (Lipinski definition) is 1. The van der Waals surface area contributed by atoms with E-state index in [-0.39, 0.29) is 12.5 Å². The molecule has 2 aromatic rings. The standard InChI is InChI=1S/C19H22N2O3/c1-13-9-14(2)19(15(3)10-13)24-12-18(22)21-20-11-16-7-5-6-8-17(16)23-4/h5-11H,12H2,1-4H3,(H,21,22). The first-order valence-corrected chi connectivity index (χ1v) is 7.67. The van der Waals surface area contributed by atoms with Crippen LogP contribution in [0.4, 0.5) is 0 Å². The topological polar surface area (TPSA) is 59.9 Å². The highest BCUT2D eigenvalue weighted by molar-refractivity contribution is 5.85. The Morgan fingerprint density at radius 2 is 1.83 bits per heavy atom. The highest BCUT2D eigenvalue weighted by Gasteiger charge is 2.08. The van der Waals surface area contributed by atoms with E-state index < -0.39 is 0 Å². The van der Waals surface area contributed by atoms with Gasteiger partial charge in [-0.05, 0) is 44.0 Å². The van der Waals surface area contributed by atoms with Crippen molar-refractivity contribution in [1.82, 2.24) is 5.43 Å². The number of methoxy groups -OCH3 is 1. The van der Waals surface area contributed by atoms with E-state index in [9.17, 15) is 4.79 Å². The maximum atomic E-state index is 11.9. The Morgan fingerprint density at radius 3 is 2.50 bits per heavy atom. The van der Waals surface area contributed by atoms with Gasteiger partial charge in [-0.3, -0.25) is 4.79 Å². The van der Waals surface area contributed by atoms with Gasteiger partial charge in [0.25, 0.3) is 5.91 Å². The summed E-state index contributed by atoms with van der Waals surface area (Å²) in [5, 5.41) is 3.94. The van der Waals surface area contributed by atoms with Crippen LogP contribution in [0, 0.1) is 20.8 Å². The molecule has 2 rings (SSSR count). The predicted octanol–water partition coefficient (Wildman–Crippen LogP) is 3.15. The lowest BCUT2D eigenvalue weighted by molar-refractivity contribution is -0.123. The Kier molecular flexibility index (Phi) is 5.95. The molecule has 0 saturated carbocycles. The lowest BCUT2D eigenvalue weighted by atomic mass is 10.1. The number of nitrogens with zero attached hydrogens (tertiary/aromatic N) is 1. The van der Waals surface area contributed by atoms with Gasteiger partial charge in [-0.25, -0.2) is 5.43 Å². The molecule has 0 atom stereocenters. The number of rotatable bonds is 6. The molecule has 0 aromatic heterocycles. The average Bonchev–Trinajstić information content (AvgIpc) is 2.54. The van der Waals surface area contributed by atoms with Gasteiger partial charge in [0, 0.05) is 5.56 Å². The van der Waals surface area contributed by atoms with Gasteiger partial charge in [-0.2, -0.15) is 5.10 Å². The molecule has 0 unspecified atom stereocenters. The van der Waals surface area contributed by atoms with Gasteiger partial charge in [0.05, 0.1) is 13.3 Å². The number of nitrogens with one attached hydrogen (secondary N) is 1. The van der Waals surface area contributed by atoms with Gasteiger partial charge in [-0.15, -0.1) is 0 Å². The zero-order valence-electron chi connectivity index (χ0n) is 14.4. The minimum absolute atomic E-state index is 0.0893. The van der Waals surface area contributed by atoms with Crippen LogP contribution >= 0.6 is 0 Å². The molecule has 0 spiro atoms. The van der Waals surface area contributed by atoms with Crippen LogP contribution in [0.25, 0.3) is 0 Å². The molecule has 0 bridgehead atoms. The van der Waals surface area contributed by atoms with Gasteiger partial charge in [0.2, 0.25) is 0 Å². The monoisotopic (exact) mass is 326 g/mol. The molecule has 0 aliphatic carbocycles. The van der Waals surface area contributed by atoms with Gasteiger partial charge >= 0.3 is 0 Å². The normalized spacial score (nSPS) is 10.7. The van der Waals surface area contributed by atoms with E-state index in [0.29, 0.717) is 5.75 Å². The van der Waals surface area contributed by atoms with E-state index in [0.717, 1.165) is 22.4 Å². The lowest BCUT2D eigenvalue weighted by Crippen LogP contribution is -2.25. The van der Waals surface area contributed by atoms with Crippen LogP contribution < -0.4 is 14.9 Å². The first kappa shape index (κ1) is 17.5. The molecule has 0 aliphatic heterocycles. The van der Waals surface area contributed by atoms with Crippen LogP contribution in [0.1, 0.15) is 22.3 Å². The van der Waals surface area contributed by atoms with Crippen molar-refractivity contribution >= 4 is 12.1 Å². The minimum atomic E-state index is -0.319. The summed E-state index contributed by atoms with van der Waals surface area (Å²) in [4.78, 5) is 11.9. The van der Waals surface area contributed by atoms with Crippen molar-refractivity contribution in [2.24, 2.45) is 5.10 Å². The maximum absolute atomic E-state index is 11.9. The number of amides is 1. The van der Waals surface area contributed by atoms with Crippen LogP contribution in [0.3, 0.4) is 0 Å². The molecule has 24 heavy (non-hydrogen) atoms. The zero-order chi connectivity index (χ0) is 17.5. The summed E-state index contributed by atoms with van der Waals surface area (Å²) in [7, 11) is 1.59. The predicted molar refractivity (Wildman–Crippen MR) is 94.9 cm³/mol. The molecule has 0 radical (unpaired) electrons. The van der Waals surface area contributed by atoms with E-state index in [4.69, 9.17) is 9.47 Å². The summed E-state index contributed by atoms with van der Waals surface area (Å²) >= 11 is 0. The van der Waals surface area contributed by atoms with Crippen LogP contribution in [0.5, 0.6) is 11.5 Å². The average molecular weight is 326 g/mol. The third-order valence-corrected chi connectivity index (χ3v) is 3.48. The summed E-state index contributed by atoms with van der Waals surface area (Å²) in [5.74, 6) is 1.11. The molecule has 2 aromatic carbocycles. The van der Waals surface area contributed by atoms with Crippen molar-refractivity contribution in [3.05, 3.63) is 58.7 Å². The van der Waals surface area contributed by atoms with Crippen LogP contribution in [-0.4, -0.2) is 25.8 Å². The van der Waals surface area contributed by atoms with Crippen molar-refractivity contribution in [2.75, 3.05) is 13.7 Å². The van der Waals surface area contributed by atoms with Crippen LogP contribution in [0.15, 0.2) is 41.5 Å². The number of ether oxygens (including phenoxy) is 2. The number of hydrazone groups is 1. The highest BCUT2D eigenvalue weighted by Crippen LogP contribution is 2.24. The minimum Gasteiger partial charge on any atom is -0.496 e. The van der Waals surface area contributed by atoms with E-state index in [1.807, 2.05) is 57.2 Å². The van der Waals surface area contributed by atoms with Crippen LogP contribution in [0.2, 0.25) is 0 Å². The second kappa shape index (κ2) is 8.15. The molecule has 5 nitrogen and oxygen atoms in total. The maximum Gasteiger partial charge on any atom is 0.277 e. The zero-order valence-corrected chi connectivity index (χ0v) is 14.4. The van der Waals surface area contributed by atoms with Crippen molar-refractivity contribution in [1.29, 1.82) is 0 Å². The number of para-hydroxylation sites is 1. The summed E-state index contributed by atoms with van der Waals surface area (Å²) in [6.07, 6.45) is 1.54. The van der Waals surface area contributed by atoms with Crippen LogP contribution in [-0.2, 0) is 4.79 Å². The Labute approximate surface area is 142 Å². The Balaban J connectivity index is 1.91. The smallest absolute Gasteiger partial charge is 0.277 e. The number of carbonyl (C=O) groups is 1. The molecule has 5 heteroatoms. The first-order chi connectivity index (χ1) is 11.5. The van der Waals surface area contributed by atoms with E-state index in [1.54, 1.807) is 13.3 Å². The number of aryl methyl sites for hydroxylation is 3. The Hall–Kier alpha value is -2.82. The Morgan fingerprint density at radius 1 is 1.17 bits per heavy atom. The molecule has 0 fully saturated rings. The van der Waals surface area contributed by atoms with Crippen molar-refractivity contribution < 1.29 is 14.3 Å². The largest absolute Gasteiger partial charge is 0.496 e. The summed E-state index contributed by atoms with van der Waals surface area (Å²) in [6.45, 7) is 5.87. The first-order valence-electron chi connectivity index (χ1n) is 7.67. The molecular weight excluding hydrogens is 304 g/mol. The fourth-order valence-corrected chi connectivity index (χ4v) is 2.51. The van der Waals surface area contributed by atoms with Gasteiger partial charge < -0.3 is 9.47 Å². The Bertz CT molecular complexity index is 731. The lowest BCUT2D eigenvalue weighted by Gasteiger charge is -2.12. The molecule has 1 N–H and O–H groups in total. The van der Waals surface area contributed by atoms with Crippen molar-refractivity contribution in [2.45, 2.75) is 20.8 Å². The van der Waals surface area contributed by atoms with Crippen molar-refractivity contribution in [3.63, 3.8) is 0 Å². The molecule has 0 aliphatic rings. The summed E-state index contributed by atoms with van der Waals surface area (Å²) in [6, 6.07) is 11.5. The van der Waals surface area contributed by atoms with E-state index >= 15 is 0 Å². The molecule has 0 saturated heterocycles. The van der Waals surface area contributed by atoms with Crippen molar-refractivity contribution in [3.8, 4) is 11.5 Å². The fraction of sp³-hybridized carbons (Fsp3) is 0.263. The molecule has 1 amide bonds. The van der Waals surface area contributed by atoms with Gasteiger partial charge in [0.1, 0.15) is 11.5 Å². The van der Waals surface area contributed by atoms with E-state index in [2.05, 4.69) is 10.5 Å². The fourth-order valence-electron chi connectivity index (χ4n) is 2.51. The third-order valence-electron chi connectivity index (χ3n) is 3.48. The molecular formula is C19H22N2O3. The quantitative estimate of drug-likeness (QED) is 0.655. The van der Waals surface area contributed by atoms with Gasteiger partial charge in [0.15, 0.2) is 6.61 Å².